The van der Waals surface area contributed by atoms with Crippen molar-refractivity contribution in [3.05, 3.63) is 60.2 Å². The molecule has 0 unspecified atom stereocenters. The number of sulfonamides is 1. The molecule has 0 aromatic heterocycles. The summed E-state index contributed by atoms with van der Waals surface area (Å²) in [5, 5.41) is 11.5. The van der Waals surface area contributed by atoms with Crippen LogP contribution in [0.3, 0.4) is 0 Å². The third-order valence-electron chi connectivity index (χ3n) is 2.87. The molecule has 0 aliphatic carbocycles. The number of hydrogen-bond acceptors (Lipinski definition) is 4. The molecule has 2 aromatic rings. The van der Waals surface area contributed by atoms with Crippen LogP contribution in [0.2, 0.25) is 0 Å². The minimum absolute atomic E-state index is 0.0872. The summed E-state index contributed by atoms with van der Waals surface area (Å²) >= 11 is 0. The lowest BCUT2D eigenvalue weighted by molar-refractivity contribution is 0.321. The average Bonchev–Trinajstić information content (AvgIpc) is 2.48. The predicted molar refractivity (Wildman–Crippen MR) is 77.9 cm³/mol. The SMILES string of the molecule is CN(c1ccccc1)S(=O)(=O)c1ccccc1/C=N\O. The van der Waals surface area contributed by atoms with Crippen molar-refractivity contribution < 1.29 is 13.6 Å². The minimum atomic E-state index is -3.71. The first kappa shape index (κ1) is 14.1. The zero-order chi connectivity index (χ0) is 14.6. The highest BCUT2D eigenvalue weighted by atomic mass is 32.2. The highest BCUT2D eigenvalue weighted by molar-refractivity contribution is 7.92. The molecule has 104 valence electrons. The first-order valence-corrected chi connectivity index (χ1v) is 7.32. The highest BCUT2D eigenvalue weighted by Crippen LogP contribution is 2.23. The summed E-state index contributed by atoms with van der Waals surface area (Å²) in [7, 11) is -2.23. The monoisotopic (exact) mass is 290 g/mol. The summed E-state index contributed by atoms with van der Waals surface area (Å²) in [4.78, 5) is 0.0872. The first-order chi connectivity index (χ1) is 9.57. The van der Waals surface area contributed by atoms with Crippen LogP contribution in [0, 0.1) is 0 Å². The van der Waals surface area contributed by atoms with E-state index in [9.17, 15) is 8.42 Å². The van der Waals surface area contributed by atoms with Crippen molar-refractivity contribution in [3.63, 3.8) is 0 Å². The van der Waals surface area contributed by atoms with Crippen molar-refractivity contribution in [2.75, 3.05) is 11.4 Å². The molecule has 5 nitrogen and oxygen atoms in total. The van der Waals surface area contributed by atoms with Crippen molar-refractivity contribution in [2.45, 2.75) is 4.90 Å². The van der Waals surface area contributed by atoms with E-state index in [0.29, 0.717) is 11.3 Å². The van der Waals surface area contributed by atoms with Gasteiger partial charge in [-0.2, -0.15) is 0 Å². The van der Waals surface area contributed by atoms with Gasteiger partial charge >= 0.3 is 0 Å². The van der Waals surface area contributed by atoms with Crippen molar-refractivity contribution in [3.8, 4) is 0 Å². The van der Waals surface area contributed by atoms with Gasteiger partial charge in [0.15, 0.2) is 0 Å². The van der Waals surface area contributed by atoms with Gasteiger partial charge in [0, 0.05) is 12.6 Å². The number of rotatable bonds is 4. The molecule has 1 N–H and O–H groups in total. The average molecular weight is 290 g/mol. The molecule has 0 aliphatic rings. The second kappa shape index (κ2) is 5.75. The fraction of sp³-hybridized carbons (Fsp3) is 0.0714. The van der Waals surface area contributed by atoms with E-state index >= 15 is 0 Å². The Bertz CT molecular complexity index is 712. The molecule has 0 saturated carbocycles. The lowest BCUT2D eigenvalue weighted by Gasteiger charge is -2.20. The quantitative estimate of drug-likeness (QED) is 0.533. The maximum Gasteiger partial charge on any atom is 0.264 e. The normalized spacial score (nSPS) is 11.7. The van der Waals surface area contributed by atoms with Crippen molar-refractivity contribution in [1.29, 1.82) is 0 Å². The molecule has 0 aliphatic heterocycles. The summed E-state index contributed by atoms with van der Waals surface area (Å²) in [6, 6.07) is 15.1. The number of oxime groups is 1. The maximum atomic E-state index is 12.6. The van der Waals surface area contributed by atoms with E-state index in [0.717, 1.165) is 6.21 Å². The van der Waals surface area contributed by atoms with E-state index in [4.69, 9.17) is 5.21 Å². The Labute approximate surface area is 117 Å². The Hall–Kier alpha value is -2.34. The molecular formula is C14H14N2O3S. The molecule has 2 aromatic carbocycles. The lowest BCUT2D eigenvalue weighted by atomic mass is 10.2. The standard InChI is InChI=1S/C14H14N2O3S/c1-16(13-8-3-2-4-9-13)20(18,19)14-10-6-5-7-12(14)11-15-17/h2-11,17H,1H3/b15-11-. The molecule has 0 radical (unpaired) electrons. The summed E-state index contributed by atoms with van der Waals surface area (Å²) in [6.07, 6.45) is 1.10. The Morgan fingerprint density at radius 2 is 1.65 bits per heavy atom. The van der Waals surface area contributed by atoms with Crippen LogP contribution in [-0.2, 0) is 10.0 Å². The smallest absolute Gasteiger partial charge is 0.264 e. The van der Waals surface area contributed by atoms with E-state index < -0.39 is 10.0 Å². The van der Waals surface area contributed by atoms with Crippen molar-refractivity contribution in [1.82, 2.24) is 0 Å². The zero-order valence-corrected chi connectivity index (χ0v) is 11.7. The predicted octanol–water partition coefficient (Wildman–Crippen LogP) is 2.32. The summed E-state index contributed by atoms with van der Waals surface area (Å²) < 4.78 is 26.4. The number of para-hydroxylation sites is 1. The Morgan fingerprint density at radius 3 is 2.30 bits per heavy atom. The van der Waals surface area contributed by atoms with E-state index in [1.807, 2.05) is 6.07 Å². The van der Waals surface area contributed by atoms with Gasteiger partial charge in [-0.3, -0.25) is 4.31 Å². The fourth-order valence-corrected chi connectivity index (χ4v) is 3.17. The first-order valence-electron chi connectivity index (χ1n) is 5.88. The topological polar surface area (TPSA) is 70.0 Å². The van der Waals surface area contributed by atoms with Gasteiger partial charge in [0.1, 0.15) is 0 Å². The van der Waals surface area contributed by atoms with Gasteiger partial charge in [-0.15, -0.1) is 0 Å². The molecule has 20 heavy (non-hydrogen) atoms. The van der Waals surface area contributed by atoms with Gasteiger partial charge in [-0.05, 0) is 18.2 Å². The second-order valence-corrected chi connectivity index (χ2v) is 6.03. The Balaban J connectivity index is 2.51. The number of hydrogen-bond donors (Lipinski definition) is 1. The van der Waals surface area contributed by atoms with Crippen molar-refractivity contribution in [2.24, 2.45) is 5.16 Å². The molecule has 2 rings (SSSR count). The number of nitrogens with zero attached hydrogens (tertiary/aromatic N) is 2. The summed E-state index contributed by atoms with van der Waals surface area (Å²) in [6.45, 7) is 0. The van der Waals surface area contributed by atoms with E-state index in [-0.39, 0.29) is 4.90 Å². The molecule has 0 spiro atoms. The van der Waals surface area contributed by atoms with Crippen LogP contribution in [0.4, 0.5) is 5.69 Å². The number of benzene rings is 2. The van der Waals surface area contributed by atoms with Gasteiger partial charge in [0.05, 0.1) is 16.8 Å². The van der Waals surface area contributed by atoms with Gasteiger partial charge in [0.25, 0.3) is 10.0 Å². The third kappa shape index (κ3) is 2.65. The minimum Gasteiger partial charge on any atom is -0.411 e. The Kier molecular flexibility index (Phi) is 4.05. The molecule has 0 atom stereocenters. The summed E-state index contributed by atoms with van der Waals surface area (Å²) in [5.41, 5.74) is 0.890. The van der Waals surface area contributed by atoms with Crippen LogP contribution in [0.1, 0.15) is 5.56 Å². The lowest BCUT2D eigenvalue weighted by Crippen LogP contribution is -2.27. The van der Waals surface area contributed by atoms with Crippen molar-refractivity contribution >= 4 is 21.9 Å². The van der Waals surface area contributed by atoms with Crippen LogP contribution in [0.5, 0.6) is 0 Å². The Morgan fingerprint density at radius 1 is 1.05 bits per heavy atom. The summed E-state index contributed by atoms with van der Waals surface area (Å²) in [5.74, 6) is 0. The molecular weight excluding hydrogens is 276 g/mol. The number of anilines is 1. The van der Waals surface area contributed by atoms with Gasteiger partial charge < -0.3 is 5.21 Å². The van der Waals surface area contributed by atoms with Crippen LogP contribution >= 0.6 is 0 Å². The molecule has 0 saturated heterocycles. The fourth-order valence-electron chi connectivity index (χ4n) is 1.81. The zero-order valence-electron chi connectivity index (χ0n) is 10.8. The highest BCUT2D eigenvalue weighted by Gasteiger charge is 2.23. The third-order valence-corrected chi connectivity index (χ3v) is 4.73. The van der Waals surface area contributed by atoms with Crippen LogP contribution in [-0.4, -0.2) is 26.9 Å². The maximum absolute atomic E-state index is 12.6. The second-order valence-electron chi connectivity index (χ2n) is 4.09. The molecule has 0 amide bonds. The van der Waals surface area contributed by atoms with Gasteiger partial charge in [0.2, 0.25) is 0 Å². The van der Waals surface area contributed by atoms with E-state index in [1.165, 1.54) is 17.4 Å². The van der Waals surface area contributed by atoms with Crippen LogP contribution in [0.25, 0.3) is 0 Å². The van der Waals surface area contributed by atoms with Crippen LogP contribution in [0.15, 0.2) is 64.6 Å². The van der Waals surface area contributed by atoms with E-state index in [1.54, 1.807) is 42.5 Å². The van der Waals surface area contributed by atoms with E-state index in [2.05, 4.69) is 5.16 Å². The van der Waals surface area contributed by atoms with Gasteiger partial charge in [-0.25, -0.2) is 8.42 Å². The van der Waals surface area contributed by atoms with Gasteiger partial charge in [-0.1, -0.05) is 41.6 Å². The largest absolute Gasteiger partial charge is 0.411 e. The molecule has 0 bridgehead atoms. The molecule has 0 heterocycles. The molecule has 6 heteroatoms. The van der Waals surface area contributed by atoms with Crippen LogP contribution < -0.4 is 4.31 Å². The molecule has 0 fully saturated rings.